The van der Waals surface area contributed by atoms with Gasteiger partial charge in [0, 0.05) is 17.2 Å². The zero-order valence-electron chi connectivity index (χ0n) is 11.9. The molecule has 0 N–H and O–H groups in total. The van der Waals surface area contributed by atoms with Gasteiger partial charge in [0.2, 0.25) is 0 Å². The fourth-order valence-corrected chi connectivity index (χ4v) is 2.55. The van der Waals surface area contributed by atoms with Crippen LogP contribution < -0.4 is 0 Å². The van der Waals surface area contributed by atoms with E-state index in [2.05, 4.69) is 25.8 Å². The molecule has 0 saturated heterocycles. The summed E-state index contributed by atoms with van der Waals surface area (Å²) in [5, 5.41) is 0. The molecule has 20 heavy (non-hydrogen) atoms. The summed E-state index contributed by atoms with van der Waals surface area (Å²) in [6, 6.07) is 13.1. The zero-order valence-corrected chi connectivity index (χ0v) is 11.9. The average molecular weight is 268 g/mol. The van der Waals surface area contributed by atoms with E-state index in [1.807, 2.05) is 40.9 Å². The quantitative estimate of drug-likeness (QED) is 0.638. The van der Waals surface area contributed by atoms with Crippen molar-refractivity contribution in [3.8, 4) is 11.3 Å². The normalized spacial score (nSPS) is 12.0. The molecule has 0 unspecified atom stereocenters. The summed E-state index contributed by atoms with van der Waals surface area (Å²) in [5.74, 6) is -0.291. The van der Waals surface area contributed by atoms with Gasteiger partial charge in [-0.15, -0.1) is 0 Å². The van der Waals surface area contributed by atoms with Crippen molar-refractivity contribution >= 4 is 5.65 Å². The highest BCUT2D eigenvalue weighted by Crippen LogP contribution is 2.33. The van der Waals surface area contributed by atoms with E-state index in [-0.39, 0.29) is 11.2 Å². The third-order valence-corrected chi connectivity index (χ3v) is 3.36. The maximum absolute atomic E-state index is 14.0. The smallest absolute Gasteiger partial charge is 0.174 e. The lowest BCUT2D eigenvalue weighted by atomic mass is 9.89. The van der Waals surface area contributed by atoms with E-state index in [0.717, 1.165) is 17.0 Å². The van der Waals surface area contributed by atoms with Gasteiger partial charge in [-0.2, -0.15) is 0 Å². The Balaban J connectivity index is 2.40. The van der Waals surface area contributed by atoms with E-state index in [1.165, 1.54) is 6.07 Å². The maximum atomic E-state index is 14.0. The Labute approximate surface area is 117 Å². The second-order valence-electron chi connectivity index (χ2n) is 5.97. The molecule has 3 aromatic rings. The summed E-state index contributed by atoms with van der Waals surface area (Å²) in [7, 11) is 0. The second kappa shape index (κ2) is 4.44. The Kier molecular flexibility index (Phi) is 2.85. The Morgan fingerprint density at radius 1 is 1.00 bits per heavy atom. The van der Waals surface area contributed by atoms with Crippen molar-refractivity contribution in [3.05, 3.63) is 60.2 Å². The van der Waals surface area contributed by atoms with Crippen LogP contribution in [0.3, 0.4) is 0 Å². The number of aromatic nitrogens is 2. The first-order valence-electron chi connectivity index (χ1n) is 6.71. The highest BCUT2D eigenvalue weighted by molar-refractivity contribution is 5.68. The molecule has 2 nitrogen and oxygen atoms in total. The van der Waals surface area contributed by atoms with Gasteiger partial charge >= 0.3 is 0 Å². The minimum absolute atomic E-state index is 0.127. The molecule has 0 aliphatic rings. The summed E-state index contributed by atoms with van der Waals surface area (Å²) >= 11 is 0. The zero-order chi connectivity index (χ0) is 14.3. The van der Waals surface area contributed by atoms with Crippen LogP contribution in [0.4, 0.5) is 4.39 Å². The van der Waals surface area contributed by atoms with Gasteiger partial charge < -0.3 is 4.40 Å². The number of nitrogens with zero attached hydrogens (tertiary/aromatic N) is 2. The molecule has 0 aliphatic heterocycles. The molecule has 0 aliphatic carbocycles. The molecule has 2 aromatic heterocycles. The van der Waals surface area contributed by atoms with Gasteiger partial charge in [0.1, 0.15) is 0 Å². The van der Waals surface area contributed by atoms with E-state index in [1.54, 1.807) is 6.07 Å². The lowest BCUT2D eigenvalue weighted by Gasteiger charge is -2.20. The highest BCUT2D eigenvalue weighted by Gasteiger charge is 2.25. The summed E-state index contributed by atoms with van der Waals surface area (Å²) in [5.41, 5.74) is 3.15. The largest absolute Gasteiger partial charge is 0.300 e. The Bertz CT molecular complexity index is 752. The summed E-state index contributed by atoms with van der Waals surface area (Å²) < 4.78 is 15.9. The van der Waals surface area contributed by atoms with Gasteiger partial charge in [0.15, 0.2) is 11.5 Å². The van der Waals surface area contributed by atoms with Gasteiger partial charge in [-0.05, 0) is 12.1 Å². The maximum Gasteiger partial charge on any atom is 0.174 e. The predicted molar refractivity (Wildman–Crippen MR) is 79.3 cm³/mol. The molecule has 0 amide bonds. The number of rotatable bonds is 1. The number of fused-ring (bicyclic) bond motifs is 1. The Morgan fingerprint density at radius 3 is 2.35 bits per heavy atom. The van der Waals surface area contributed by atoms with Crippen LogP contribution in [-0.2, 0) is 5.41 Å². The Morgan fingerprint density at radius 2 is 1.70 bits per heavy atom. The summed E-state index contributed by atoms with van der Waals surface area (Å²) in [6.45, 7) is 6.36. The molecular formula is C17H17FN2. The molecule has 0 spiro atoms. The first-order valence-corrected chi connectivity index (χ1v) is 6.71. The number of halogens is 1. The number of benzene rings is 1. The van der Waals surface area contributed by atoms with E-state index in [9.17, 15) is 4.39 Å². The molecule has 1 aromatic carbocycles. The van der Waals surface area contributed by atoms with Crippen molar-refractivity contribution in [1.82, 2.24) is 9.38 Å². The minimum Gasteiger partial charge on any atom is -0.300 e. The van der Waals surface area contributed by atoms with Gasteiger partial charge in [-0.3, -0.25) is 0 Å². The number of hydrogen-bond donors (Lipinski definition) is 0. The van der Waals surface area contributed by atoms with Crippen LogP contribution in [0.15, 0.2) is 48.7 Å². The van der Waals surface area contributed by atoms with Gasteiger partial charge in [-0.25, -0.2) is 9.37 Å². The van der Waals surface area contributed by atoms with Gasteiger partial charge in [0.05, 0.1) is 11.4 Å². The standard InChI is InChI=1S/C17H17FN2/c1-17(2,3)15-14(12-8-5-4-6-9-12)19-16-13(18)10-7-11-20(15)16/h4-11H,1-3H3. The van der Waals surface area contributed by atoms with Crippen LogP contribution in [-0.4, -0.2) is 9.38 Å². The summed E-state index contributed by atoms with van der Waals surface area (Å²) in [6.07, 6.45) is 1.87. The molecule has 2 heterocycles. The van der Waals surface area contributed by atoms with Gasteiger partial charge in [0.25, 0.3) is 0 Å². The lowest BCUT2D eigenvalue weighted by molar-refractivity contribution is 0.562. The third kappa shape index (κ3) is 1.99. The third-order valence-electron chi connectivity index (χ3n) is 3.36. The van der Waals surface area contributed by atoms with Crippen molar-refractivity contribution in [3.63, 3.8) is 0 Å². The van der Waals surface area contributed by atoms with Crippen LogP contribution in [0.1, 0.15) is 26.5 Å². The fourth-order valence-electron chi connectivity index (χ4n) is 2.55. The molecule has 3 heteroatoms. The molecule has 0 atom stereocenters. The minimum atomic E-state index is -0.291. The van der Waals surface area contributed by atoms with Crippen LogP contribution in [0, 0.1) is 5.82 Å². The SMILES string of the molecule is CC(C)(C)c1c(-c2ccccc2)nc2c(F)cccn12. The number of pyridine rings is 1. The van der Waals surface area contributed by atoms with Crippen molar-refractivity contribution in [2.45, 2.75) is 26.2 Å². The van der Waals surface area contributed by atoms with E-state index in [4.69, 9.17) is 0 Å². The average Bonchev–Trinajstić information content (AvgIpc) is 2.80. The van der Waals surface area contributed by atoms with E-state index >= 15 is 0 Å². The van der Waals surface area contributed by atoms with Crippen LogP contribution in [0.2, 0.25) is 0 Å². The first kappa shape index (κ1) is 12.9. The van der Waals surface area contributed by atoms with Crippen molar-refractivity contribution in [2.75, 3.05) is 0 Å². The molecule has 102 valence electrons. The second-order valence-corrected chi connectivity index (χ2v) is 5.97. The highest BCUT2D eigenvalue weighted by atomic mass is 19.1. The van der Waals surface area contributed by atoms with Crippen LogP contribution >= 0.6 is 0 Å². The molecule has 3 rings (SSSR count). The Hall–Kier alpha value is -2.16. The van der Waals surface area contributed by atoms with Crippen molar-refractivity contribution in [1.29, 1.82) is 0 Å². The molecular weight excluding hydrogens is 251 g/mol. The number of hydrogen-bond acceptors (Lipinski definition) is 1. The van der Waals surface area contributed by atoms with Crippen molar-refractivity contribution < 1.29 is 4.39 Å². The van der Waals surface area contributed by atoms with Crippen molar-refractivity contribution in [2.24, 2.45) is 0 Å². The lowest BCUT2D eigenvalue weighted by Crippen LogP contribution is -2.15. The number of imidazole rings is 1. The van der Waals surface area contributed by atoms with Gasteiger partial charge in [-0.1, -0.05) is 51.1 Å². The van der Waals surface area contributed by atoms with Crippen LogP contribution in [0.25, 0.3) is 16.9 Å². The molecule has 0 bridgehead atoms. The molecule has 0 fully saturated rings. The first-order chi connectivity index (χ1) is 9.48. The van der Waals surface area contributed by atoms with E-state index < -0.39 is 0 Å². The summed E-state index contributed by atoms with van der Waals surface area (Å²) in [4.78, 5) is 4.54. The fraction of sp³-hybridized carbons (Fsp3) is 0.235. The molecule has 0 saturated carbocycles. The van der Waals surface area contributed by atoms with E-state index in [0.29, 0.717) is 5.65 Å². The molecule has 0 radical (unpaired) electrons. The predicted octanol–water partition coefficient (Wildman–Crippen LogP) is 4.44. The van der Waals surface area contributed by atoms with Crippen LogP contribution in [0.5, 0.6) is 0 Å². The topological polar surface area (TPSA) is 17.3 Å². The monoisotopic (exact) mass is 268 g/mol.